The zero-order chi connectivity index (χ0) is 15.1. The lowest BCUT2D eigenvalue weighted by Crippen LogP contribution is -2.30. The Morgan fingerprint density at radius 3 is 2.95 bits per heavy atom. The van der Waals surface area contributed by atoms with Crippen LogP contribution in [0.25, 0.3) is 0 Å². The average Bonchev–Trinajstić information content (AvgIpc) is 2.97. The van der Waals surface area contributed by atoms with Gasteiger partial charge >= 0.3 is 0 Å². The quantitative estimate of drug-likeness (QED) is 0.876. The van der Waals surface area contributed by atoms with E-state index in [1.54, 1.807) is 17.2 Å². The molecular formula is C17H15N3O2. The van der Waals surface area contributed by atoms with Gasteiger partial charge in [0.1, 0.15) is 5.82 Å². The maximum absolute atomic E-state index is 12.8. The van der Waals surface area contributed by atoms with E-state index in [1.807, 2.05) is 24.3 Å². The fraction of sp³-hybridized carbons (Fsp3) is 0.235. The fourth-order valence-corrected chi connectivity index (χ4v) is 3.08. The molecule has 0 unspecified atom stereocenters. The maximum atomic E-state index is 12.8. The van der Waals surface area contributed by atoms with E-state index in [2.05, 4.69) is 10.3 Å². The summed E-state index contributed by atoms with van der Waals surface area (Å²) in [6.07, 6.45) is 3.71. The SMILES string of the molecule is O=C1CCc2cc(C(=O)N3CCc4cccnc43)ccc2N1. The molecule has 2 aliphatic heterocycles. The van der Waals surface area contributed by atoms with E-state index in [0.29, 0.717) is 24.9 Å². The number of rotatable bonds is 1. The number of anilines is 2. The zero-order valence-corrected chi connectivity index (χ0v) is 12.0. The highest BCUT2D eigenvalue weighted by atomic mass is 16.2. The number of amides is 2. The Bertz CT molecular complexity index is 785. The fourth-order valence-electron chi connectivity index (χ4n) is 3.08. The molecule has 0 spiro atoms. The van der Waals surface area contributed by atoms with E-state index >= 15 is 0 Å². The molecule has 0 saturated carbocycles. The third-order valence-electron chi connectivity index (χ3n) is 4.22. The summed E-state index contributed by atoms with van der Waals surface area (Å²) < 4.78 is 0. The van der Waals surface area contributed by atoms with Crippen molar-refractivity contribution in [3.05, 3.63) is 53.2 Å². The molecule has 1 aromatic carbocycles. The molecule has 0 radical (unpaired) electrons. The third-order valence-corrected chi connectivity index (χ3v) is 4.22. The summed E-state index contributed by atoms with van der Waals surface area (Å²) in [5.74, 6) is 0.764. The molecule has 5 nitrogen and oxygen atoms in total. The Morgan fingerprint density at radius 2 is 2.05 bits per heavy atom. The predicted molar refractivity (Wildman–Crippen MR) is 83.0 cm³/mol. The van der Waals surface area contributed by atoms with Crippen molar-refractivity contribution in [2.24, 2.45) is 0 Å². The van der Waals surface area contributed by atoms with Crippen LogP contribution in [0.1, 0.15) is 27.9 Å². The van der Waals surface area contributed by atoms with Crippen molar-refractivity contribution in [1.82, 2.24) is 4.98 Å². The summed E-state index contributed by atoms with van der Waals surface area (Å²) in [6, 6.07) is 9.38. The molecule has 0 saturated heterocycles. The van der Waals surface area contributed by atoms with E-state index in [1.165, 1.54) is 0 Å². The summed E-state index contributed by atoms with van der Waals surface area (Å²) in [4.78, 5) is 30.2. The number of aryl methyl sites for hydroxylation is 1. The highest BCUT2D eigenvalue weighted by Crippen LogP contribution is 2.28. The van der Waals surface area contributed by atoms with Crippen LogP contribution in [0, 0.1) is 0 Å². The summed E-state index contributed by atoms with van der Waals surface area (Å²) in [7, 11) is 0. The number of carbonyl (C=O) groups excluding carboxylic acids is 2. The molecule has 22 heavy (non-hydrogen) atoms. The molecule has 1 aromatic heterocycles. The predicted octanol–water partition coefficient (Wildman–Crippen LogP) is 2.17. The summed E-state index contributed by atoms with van der Waals surface area (Å²) >= 11 is 0. The Labute approximate surface area is 128 Å². The van der Waals surface area contributed by atoms with Crippen molar-refractivity contribution in [2.75, 3.05) is 16.8 Å². The number of aromatic nitrogens is 1. The van der Waals surface area contributed by atoms with Gasteiger partial charge in [0.15, 0.2) is 0 Å². The first kappa shape index (κ1) is 13.0. The Kier molecular flexibility index (Phi) is 2.92. The van der Waals surface area contributed by atoms with Crippen molar-refractivity contribution in [2.45, 2.75) is 19.3 Å². The highest BCUT2D eigenvalue weighted by Gasteiger charge is 2.27. The summed E-state index contributed by atoms with van der Waals surface area (Å²) in [5.41, 5.74) is 3.59. The largest absolute Gasteiger partial charge is 0.326 e. The van der Waals surface area contributed by atoms with Gasteiger partial charge < -0.3 is 5.32 Å². The van der Waals surface area contributed by atoms with Gasteiger partial charge in [-0.25, -0.2) is 4.98 Å². The van der Waals surface area contributed by atoms with E-state index < -0.39 is 0 Å². The van der Waals surface area contributed by atoms with Crippen molar-refractivity contribution >= 4 is 23.3 Å². The van der Waals surface area contributed by atoms with Crippen LogP contribution in [0.5, 0.6) is 0 Å². The Balaban J connectivity index is 1.66. The van der Waals surface area contributed by atoms with Crippen molar-refractivity contribution < 1.29 is 9.59 Å². The van der Waals surface area contributed by atoms with Crippen LogP contribution in [0.3, 0.4) is 0 Å². The van der Waals surface area contributed by atoms with Crippen molar-refractivity contribution in [1.29, 1.82) is 0 Å². The second-order valence-corrected chi connectivity index (χ2v) is 5.61. The van der Waals surface area contributed by atoms with Crippen LogP contribution in [-0.4, -0.2) is 23.3 Å². The van der Waals surface area contributed by atoms with Gasteiger partial charge in [-0.2, -0.15) is 0 Å². The minimum atomic E-state index is -0.0304. The first-order valence-electron chi connectivity index (χ1n) is 7.41. The Morgan fingerprint density at radius 1 is 1.14 bits per heavy atom. The lowest BCUT2D eigenvalue weighted by Gasteiger charge is -2.20. The topological polar surface area (TPSA) is 62.3 Å². The molecule has 0 atom stereocenters. The molecule has 2 aliphatic rings. The number of pyridine rings is 1. The van der Waals surface area contributed by atoms with Gasteiger partial charge in [-0.15, -0.1) is 0 Å². The first-order valence-corrected chi connectivity index (χ1v) is 7.41. The van der Waals surface area contributed by atoms with E-state index in [4.69, 9.17) is 0 Å². The van der Waals surface area contributed by atoms with E-state index in [-0.39, 0.29) is 11.8 Å². The molecule has 110 valence electrons. The average molecular weight is 293 g/mol. The molecule has 0 fully saturated rings. The number of fused-ring (bicyclic) bond motifs is 2. The van der Waals surface area contributed by atoms with Crippen LogP contribution < -0.4 is 10.2 Å². The van der Waals surface area contributed by atoms with Crippen LogP contribution in [-0.2, 0) is 17.6 Å². The van der Waals surface area contributed by atoms with Gasteiger partial charge in [0.05, 0.1) is 0 Å². The minimum Gasteiger partial charge on any atom is -0.326 e. The molecule has 1 N–H and O–H groups in total. The molecule has 0 aliphatic carbocycles. The molecular weight excluding hydrogens is 278 g/mol. The standard InChI is InChI=1S/C17H15N3O2/c21-15-6-4-12-10-13(3-5-14(12)19-15)17(22)20-9-7-11-2-1-8-18-16(11)20/h1-3,5,8,10H,4,6-7,9H2,(H,19,21). The van der Waals surface area contributed by atoms with Crippen LogP contribution in [0.4, 0.5) is 11.5 Å². The molecule has 3 heterocycles. The van der Waals surface area contributed by atoms with Crippen molar-refractivity contribution in [3.63, 3.8) is 0 Å². The first-order chi connectivity index (χ1) is 10.7. The summed E-state index contributed by atoms with van der Waals surface area (Å²) in [6.45, 7) is 0.666. The normalized spacial score (nSPS) is 16.0. The molecule has 2 amide bonds. The van der Waals surface area contributed by atoms with E-state index in [0.717, 1.165) is 29.1 Å². The number of benzene rings is 1. The number of carbonyl (C=O) groups is 2. The lowest BCUT2D eigenvalue weighted by molar-refractivity contribution is -0.116. The lowest BCUT2D eigenvalue weighted by atomic mass is 10.00. The highest BCUT2D eigenvalue weighted by molar-refractivity contribution is 6.07. The smallest absolute Gasteiger partial charge is 0.259 e. The van der Waals surface area contributed by atoms with Crippen LogP contribution in [0.2, 0.25) is 0 Å². The van der Waals surface area contributed by atoms with Gasteiger partial charge in [0.2, 0.25) is 5.91 Å². The molecule has 2 aromatic rings. The van der Waals surface area contributed by atoms with Crippen molar-refractivity contribution in [3.8, 4) is 0 Å². The molecule has 0 bridgehead atoms. The number of nitrogens with zero attached hydrogens (tertiary/aromatic N) is 2. The van der Waals surface area contributed by atoms with E-state index in [9.17, 15) is 9.59 Å². The van der Waals surface area contributed by atoms with Gasteiger partial charge in [-0.1, -0.05) is 6.07 Å². The number of nitrogens with one attached hydrogen (secondary N) is 1. The zero-order valence-electron chi connectivity index (χ0n) is 12.0. The number of hydrogen-bond acceptors (Lipinski definition) is 3. The second kappa shape index (κ2) is 4.94. The molecule has 4 rings (SSSR count). The van der Waals surface area contributed by atoms with Gasteiger partial charge in [-0.05, 0) is 48.2 Å². The summed E-state index contributed by atoms with van der Waals surface area (Å²) in [5, 5.41) is 2.84. The minimum absolute atomic E-state index is 0.0304. The third kappa shape index (κ3) is 2.06. The second-order valence-electron chi connectivity index (χ2n) is 5.61. The molecule has 5 heteroatoms. The van der Waals surface area contributed by atoms with Crippen LogP contribution >= 0.6 is 0 Å². The maximum Gasteiger partial charge on any atom is 0.259 e. The van der Waals surface area contributed by atoms with Crippen LogP contribution in [0.15, 0.2) is 36.5 Å². The Hall–Kier alpha value is -2.69. The van der Waals surface area contributed by atoms with Gasteiger partial charge in [0.25, 0.3) is 5.91 Å². The number of hydrogen-bond donors (Lipinski definition) is 1. The monoisotopic (exact) mass is 293 g/mol. The van der Waals surface area contributed by atoms with Gasteiger partial charge in [0, 0.05) is 30.4 Å². The van der Waals surface area contributed by atoms with Gasteiger partial charge in [-0.3, -0.25) is 14.5 Å².